The Bertz CT molecular complexity index is 278. The van der Waals surface area contributed by atoms with Gasteiger partial charge in [0, 0.05) is 6.20 Å². The third-order valence-corrected chi connectivity index (χ3v) is 1.93. The molecule has 0 aliphatic carbocycles. The average molecular weight is 216 g/mol. The van der Waals surface area contributed by atoms with E-state index in [9.17, 15) is 4.79 Å². The molecule has 0 aliphatic heterocycles. The van der Waals surface area contributed by atoms with Gasteiger partial charge >= 0.3 is 5.97 Å². The minimum Gasteiger partial charge on any atom is -0.478 e. The minimum atomic E-state index is -0.956. The van der Waals surface area contributed by atoms with Crippen molar-refractivity contribution < 1.29 is 9.90 Å². The van der Waals surface area contributed by atoms with Crippen molar-refractivity contribution in [2.24, 2.45) is 0 Å². The molecule has 1 N–H and O–H groups in total. The highest BCUT2D eigenvalue weighted by Crippen LogP contribution is 2.16. The van der Waals surface area contributed by atoms with Crippen LogP contribution in [0.2, 0.25) is 0 Å². The summed E-state index contributed by atoms with van der Waals surface area (Å²) in [5, 5.41) is 8.68. The molecular formula is C7H6BrNO2. The van der Waals surface area contributed by atoms with E-state index in [4.69, 9.17) is 5.11 Å². The summed E-state index contributed by atoms with van der Waals surface area (Å²) in [7, 11) is 0. The molecule has 0 atom stereocenters. The van der Waals surface area contributed by atoms with Gasteiger partial charge in [0.25, 0.3) is 0 Å². The fourth-order valence-electron chi connectivity index (χ4n) is 0.782. The van der Waals surface area contributed by atoms with Crippen LogP contribution in [0.5, 0.6) is 0 Å². The Morgan fingerprint density at radius 2 is 2.36 bits per heavy atom. The first-order valence-electron chi connectivity index (χ1n) is 2.97. The molecule has 1 heterocycles. The van der Waals surface area contributed by atoms with E-state index in [1.807, 2.05) is 0 Å². The van der Waals surface area contributed by atoms with Crippen molar-refractivity contribution in [3.63, 3.8) is 0 Å². The van der Waals surface area contributed by atoms with E-state index in [-0.39, 0.29) is 5.56 Å². The molecule has 0 saturated carbocycles. The van der Waals surface area contributed by atoms with Crippen LogP contribution >= 0.6 is 15.9 Å². The fourth-order valence-corrected chi connectivity index (χ4v) is 1.38. The van der Waals surface area contributed by atoms with Gasteiger partial charge in [0.1, 0.15) is 4.60 Å². The first kappa shape index (κ1) is 8.20. The number of halogens is 1. The number of rotatable bonds is 1. The van der Waals surface area contributed by atoms with Crippen LogP contribution in [0.1, 0.15) is 15.9 Å². The van der Waals surface area contributed by atoms with Gasteiger partial charge in [0.05, 0.1) is 5.56 Å². The Kier molecular flexibility index (Phi) is 2.24. The van der Waals surface area contributed by atoms with Crippen LogP contribution in [0.3, 0.4) is 0 Å². The Hall–Kier alpha value is -0.900. The van der Waals surface area contributed by atoms with Crippen molar-refractivity contribution in [2.75, 3.05) is 0 Å². The summed E-state index contributed by atoms with van der Waals surface area (Å²) in [5.41, 5.74) is 0.937. The lowest BCUT2D eigenvalue weighted by molar-refractivity contribution is 0.0694. The van der Waals surface area contributed by atoms with Crippen LogP contribution in [-0.2, 0) is 0 Å². The standard InChI is InChI=1S/C7H6BrNO2/c1-4-2-3-9-6(8)5(4)7(10)11/h2-3H,1H3,(H,10,11). The lowest BCUT2D eigenvalue weighted by atomic mass is 10.2. The number of nitrogens with zero attached hydrogens (tertiary/aromatic N) is 1. The maximum Gasteiger partial charge on any atom is 0.338 e. The summed E-state index contributed by atoms with van der Waals surface area (Å²) in [5.74, 6) is -0.956. The van der Waals surface area contributed by atoms with Gasteiger partial charge in [0.2, 0.25) is 0 Å². The molecule has 0 amide bonds. The molecule has 0 fully saturated rings. The number of carboxylic acids is 1. The van der Waals surface area contributed by atoms with Crippen molar-refractivity contribution in [2.45, 2.75) is 6.92 Å². The summed E-state index contributed by atoms with van der Waals surface area (Å²) >= 11 is 3.06. The molecule has 58 valence electrons. The van der Waals surface area contributed by atoms with Crippen molar-refractivity contribution in [1.29, 1.82) is 0 Å². The molecule has 1 aromatic rings. The summed E-state index contributed by atoms with van der Waals surface area (Å²) in [4.78, 5) is 14.4. The SMILES string of the molecule is Cc1ccnc(Br)c1C(=O)O. The van der Waals surface area contributed by atoms with E-state index in [0.717, 1.165) is 0 Å². The predicted molar refractivity (Wildman–Crippen MR) is 43.6 cm³/mol. The number of carboxylic acid groups (broad SMARTS) is 1. The lowest BCUT2D eigenvalue weighted by Crippen LogP contribution is -2.01. The molecular weight excluding hydrogens is 210 g/mol. The van der Waals surface area contributed by atoms with Crippen LogP contribution in [0.15, 0.2) is 16.9 Å². The summed E-state index contributed by atoms with van der Waals surface area (Å²) < 4.78 is 0.380. The number of aryl methyl sites for hydroxylation is 1. The molecule has 0 aliphatic rings. The van der Waals surface area contributed by atoms with Crippen molar-refractivity contribution in [1.82, 2.24) is 4.98 Å². The third kappa shape index (κ3) is 1.57. The number of carbonyl (C=O) groups is 1. The zero-order valence-corrected chi connectivity index (χ0v) is 7.42. The van der Waals surface area contributed by atoms with Gasteiger partial charge in [-0.25, -0.2) is 9.78 Å². The van der Waals surface area contributed by atoms with Crippen LogP contribution < -0.4 is 0 Å². The van der Waals surface area contributed by atoms with E-state index in [1.165, 1.54) is 0 Å². The highest BCUT2D eigenvalue weighted by Gasteiger charge is 2.11. The maximum atomic E-state index is 10.6. The molecule has 0 spiro atoms. The number of hydrogen-bond acceptors (Lipinski definition) is 2. The Labute approximate surface area is 72.2 Å². The molecule has 3 nitrogen and oxygen atoms in total. The molecule has 0 saturated heterocycles. The van der Waals surface area contributed by atoms with E-state index in [2.05, 4.69) is 20.9 Å². The van der Waals surface area contributed by atoms with Crippen molar-refractivity contribution in [3.05, 3.63) is 28.0 Å². The average Bonchev–Trinajstić information content (AvgIpc) is 1.85. The number of aromatic carboxylic acids is 1. The molecule has 4 heteroatoms. The van der Waals surface area contributed by atoms with Crippen LogP contribution in [0, 0.1) is 6.92 Å². The number of hydrogen-bond donors (Lipinski definition) is 1. The van der Waals surface area contributed by atoms with Gasteiger partial charge in [-0.2, -0.15) is 0 Å². The highest BCUT2D eigenvalue weighted by molar-refractivity contribution is 9.10. The first-order chi connectivity index (χ1) is 5.13. The van der Waals surface area contributed by atoms with Crippen molar-refractivity contribution in [3.8, 4) is 0 Å². The zero-order chi connectivity index (χ0) is 8.43. The predicted octanol–water partition coefficient (Wildman–Crippen LogP) is 1.85. The van der Waals surface area contributed by atoms with E-state index in [1.54, 1.807) is 19.2 Å². The first-order valence-corrected chi connectivity index (χ1v) is 3.76. The Morgan fingerprint density at radius 3 is 2.73 bits per heavy atom. The van der Waals surface area contributed by atoms with Gasteiger partial charge in [-0.3, -0.25) is 0 Å². The van der Waals surface area contributed by atoms with Crippen LogP contribution in [-0.4, -0.2) is 16.1 Å². The summed E-state index contributed by atoms with van der Waals surface area (Å²) in [6.45, 7) is 1.73. The molecule has 11 heavy (non-hydrogen) atoms. The lowest BCUT2D eigenvalue weighted by Gasteiger charge is -2.00. The third-order valence-electron chi connectivity index (χ3n) is 1.33. The molecule has 0 bridgehead atoms. The summed E-state index contributed by atoms with van der Waals surface area (Å²) in [6.07, 6.45) is 1.56. The van der Waals surface area contributed by atoms with Crippen LogP contribution in [0.25, 0.3) is 0 Å². The second-order valence-corrected chi connectivity index (χ2v) is 2.85. The van der Waals surface area contributed by atoms with E-state index >= 15 is 0 Å². The van der Waals surface area contributed by atoms with E-state index < -0.39 is 5.97 Å². The van der Waals surface area contributed by atoms with Crippen molar-refractivity contribution >= 4 is 21.9 Å². The normalized spacial score (nSPS) is 9.64. The molecule has 1 aromatic heterocycles. The number of aromatic nitrogens is 1. The molecule has 0 radical (unpaired) electrons. The van der Waals surface area contributed by atoms with Gasteiger partial charge in [-0.1, -0.05) is 0 Å². The highest BCUT2D eigenvalue weighted by atomic mass is 79.9. The second kappa shape index (κ2) is 3.00. The van der Waals surface area contributed by atoms with Gasteiger partial charge in [0.15, 0.2) is 0 Å². The minimum absolute atomic E-state index is 0.229. The topological polar surface area (TPSA) is 50.2 Å². The van der Waals surface area contributed by atoms with Crippen LogP contribution in [0.4, 0.5) is 0 Å². The maximum absolute atomic E-state index is 10.6. The van der Waals surface area contributed by atoms with Gasteiger partial charge in [-0.05, 0) is 34.5 Å². The zero-order valence-electron chi connectivity index (χ0n) is 5.84. The summed E-state index contributed by atoms with van der Waals surface area (Å²) in [6, 6.07) is 1.66. The molecule has 0 unspecified atom stereocenters. The number of pyridine rings is 1. The Balaban J connectivity index is 3.32. The monoisotopic (exact) mass is 215 g/mol. The molecule has 0 aromatic carbocycles. The quantitative estimate of drug-likeness (QED) is 0.728. The fraction of sp³-hybridized carbons (Fsp3) is 0.143. The van der Waals surface area contributed by atoms with E-state index in [0.29, 0.717) is 10.2 Å². The Morgan fingerprint density at radius 1 is 1.73 bits per heavy atom. The smallest absolute Gasteiger partial charge is 0.338 e. The van der Waals surface area contributed by atoms with Gasteiger partial charge in [-0.15, -0.1) is 0 Å². The van der Waals surface area contributed by atoms with Gasteiger partial charge < -0.3 is 5.11 Å². The molecule has 1 rings (SSSR count). The largest absolute Gasteiger partial charge is 0.478 e. The second-order valence-electron chi connectivity index (χ2n) is 2.10.